The van der Waals surface area contributed by atoms with Crippen LogP contribution in [0.1, 0.15) is 23.7 Å². The molecular formula is C14H19N3O3S. The molecule has 7 heteroatoms. The Kier molecular flexibility index (Phi) is 4.53. The summed E-state index contributed by atoms with van der Waals surface area (Å²) in [4.78, 5) is 25.4. The van der Waals surface area contributed by atoms with Crippen molar-refractivity contribution in [2.24, 2.45) is 11.1 Å². The minimum atomic E-state index is -0.448. The second-order valence-corrected chi connectivity index (χ2v) is 6.48. The van der Waals surface area contributed by atoms with Crippen molar-refractivity contribution in [3.63, 3.8) is 0 Å². The van der Waals surface area contributed by atoms with Gasteiger partial charge in [0.2, 0.25) is 0 Å². The molecule has 1 aromatic carbocycles. The standard InChI is InChI=1S/C14H19N3O3S/c1-14(8-15)5-6-16(9-14)13(18)10-3-4-12(21-2)11(7-10)17(19)20/h3-4,7H,5-6,8-9,15H2,1-2H3. The van der Waals surface area contributed by atoms with Crippen molar-refractivity contribution in [2.75, 3.05) is 25.9 Å². The topological polar surface area (TPSA) is 89.5 Å². The lowest BCUT2D eigenvalue weighted by Gasteiger charge is -2.22. The van der Waals surface area contributed by atoms with Gasteiger partial charge in [-0.3, -0.25) is 14.9 Å². The summed E-state index contributed by atoms with van der Waals surface area (Å²) in [6.07, 6.45) is 2.64. The van der Waals surface area contributed by atoms with Gasteiger partial charge in [-0.15, -0.1) is 11.8 Å². The van der Waals surface area contributed by atoms with Gasteiger partial charge < -0.3 is 10.6 Å². The molecule has 0 radical (unpaired) electrons. The van der Waals surface area contributed by atoms with Crippen LogP contribution in [0.2, 0.25) is 0 Å². The van der Waals surface area contributed by atoms with Crippen LogP contribution < -0.4 is 5.73 Å². The molecule has 6 nitrogen and oxygen atoms in total. The van der Waals surface area contributed by atoms with Crippen molar-refractivity contribution < 1.29 is 9.72 Å². The number of hydrogen-bond donors (Lipinski definition) is 1. The second kappa shape index (κ2) is 6.03. The molecule has 1 heterocycles. The van der Waals surface area contributed by atoms with Crippen LogP contribution in [0.25, 0.3) is 0 Å². The van der Waals surface area contributed by atoms with Crippen LogP contribution >= 0.6 is 11.8 Å². The molecule has 1 amide bonds. The van der Waals surface area contributed by atoms with Gasteiger partial charge in [0.05, 0.1) is 9.82 Å². The lowest BCUT2D eigenvalue weighted by molar-refractivity contribution is -0.387. The summed E-state index contributed by atoms with van der Waals surface area (Å²) < 4.78 is 0. The Morgan fingerprint density at radius 2 is 2.29 bits per heavy atom. The van der Waals surface area contributed by atoms with E-state index in [1.165, 1.54) is 17.8 Å². The zero-order valence-electron chi connectivity index (χ0n) is 12.2. The normalized spacial score (nSPS) is 21.6. The number of nitrogens with zero attached hydrogens (tertiary/aromatic N) is 2. The molecule has 0 saturated carbocycles. The average molecular weight is 309 g/mol. The van der Waals surface area contributed by atoms with Gasteiger partial charge in [-0.2, -0.15) is 0 Å². The molecule has 1 fully saturated rings. The highest BCUT2D eigenvalue weighted by atomic mass is 32.2. The number of amides is 1. The zero-order valence-corrected chi connectivity index (χ0v) is 13.0. The van der Waals surface area contributed by atoms with Gasteiger partial charge in [0.25, 0.3) is 11.6 Å². The van der Waals surface area contributed by atoms with Crippen LogP contribution in [0, 0.1) is 15.5 Å². The molecule has 0 aromatic heterocycles. The number of carbonyl (C=O) groups excluding carboxylic acids is 1. The van der Waals surface area contributed by atoms with Crippen LogP contribution in [0.4, 0.5) is 5.69 Å². The number of benzene rings is 1. The smallest absolute Gasteiger partial charge is 0.283 e. The monoisotopic (exact) mass is 309 g/mol. The number of nitrogens with two attached hydrogens (primary N) is 1. The van der Waals surface area contributed by atoms with E-state index in [-0.39, 0.29) is 17.0 Å². The van der Waals surface area contributed by atoms with Crippen molar-refractivity contribution in [1.29, 1.82) is 0 Å². The van der Waals surface area contributed by atoms with E-state index in [0.717, 1.165) is 6.42 Å². The molecule has 1 aromatic rings. The van der Waals surface area contributed by atoms with Crippen molar-refractivity contribution in [3.8, 4) is 0 Å². The predicted molar refractivity (Wildman–Crippen MR) is 82.6 cm³/mol. The average Bonchev–Trinajstić information content (AvgIpc) is 2.89. The molecule has 21 heavy (non-hydrogen) atoms. The summed E-state index contributed by atoms with van der Waals surface area (Å²) in [6.45, 7) is 3.83. The summed E-state index contributed by atoms with van der Waals surface area (Å²) in [5, 5.41) is 11.1. The maximum absolute atomic E-state index is 12.5. The number of carbonyl (C=O) groups is 1. The third-order valence-corrected chi connectivity index (χ3v) is 4.75. The van der Waals surface area contributed by atoms with E-state index in [2.05, 4.69) is 6.92 Å². The van der Waals surface area contributed by atoms with Crippen molar-refractivity contribution in [1.82, 2.24) is 4.90 Å². The Labute approximate surface area is 127 Å². The first-order chi connectivity index (χ1) is 9.90. The third-order valence-electron chi connectivity index (χ3n) is 3.96. The minimum Gasteiger partial charge on any atom is -0.338 e. The minimum absolute atomic E-state index is 0.0193. The Bertz CT molecular complexity index is 579. The van der Waals surface area contributed by atoms with Gasteiger partial charge >= 0.3 is 0 Å². The Hall–Kier alpha value is -1.60. The first-order valence-corrected chi connectivity index (χ1v) is 7.94. The van der Waals surface area contributed by atoms with Crippen molar-refractivity contribution in [2.45, 2.75) is 18.2 Å². The van der Waals surface area contributed by atoms with Gasteiger partial charge in [0.15, 0.2) is 0 Å². The summed E-state index contributed by atoms with van der Waals surface area (Å²) in [6, 6.07) is 4.65. The van der Waals surface area contributed by atoms with Crippen LogP contribution in [0.15, 0.2) is 23.1 Å². The van der Waals surface area contributed by atoms with E-state index in [4.69, 9.17) is 5.73 Å². The molecule has 2 N–H and O–H groups in total. The highest BCUT2D eigenvalue weighted by Crippen LogP contribution is 2.32. The molecule has 114 valence electrons. The maximum atomic E-state index is 12.5. The fraction of sp³-hybridized carbons (Fsp3) is 0.500. The van der Waals surface area contributed by atoms with Crippen LogP contribution in [0.3, 0.4) is 0 Å². The largest absolute Gasteiger partial charge is 0.338 e. The van der Waals surface area contributed by atoms with E-state index in [0.29, 0.717) is 30.1 Å². The van der Waals surface area contributed by atoms with E-state index in [9.17, 15) is 14.9 Å². The zero-order chi connectivity index (χ0) is 15.6. The lowest BCUT2D eigenvalue weighted by atomic mass is 9.90. The maximum Gasteiger partial charge on any atom is 0.283 e. The Balaban J connectivity index is 2.25. The molecule has 1 aliphatic rings. The number of likely N-dealkylation sites (tertiary alicyclic amines) is 1. The summed E-state index contributed by atoms with van der Waals surface area (Å²) in [5.41, 5.74) is 6.03. The quantitative estimate of drug-likeness (QED) is 0.523. The number of thioether (sulfide) groups is 1. The molecule has 0 aliphatic carbocycles. The molecule has 2 rings (SSSR count). The molecule has 0 bridgehead atoms. The highest BCUT2D eigenvalue weighted by Gasteiger charge is 2.35. The van der Waals surface area contributed by atoms with E-state index < -0.39 is 4.92 Å². The van der Waals surface area contributed by atoms with Gasteiger partial charge in [0.1, 0.15) is 0 Å². The van der Waals surface area contributed by atoms with Gasteiger partial charge in [-0.1, -0.05) is 6.92 Å². The first kappa shape index (κ1) is 15.8. The summed E-state index contributed by atoms with van der Waals surface area (Å²) in [5.74, 6) is -0.164. The number of nitro benzene ring substituents is 1. The summed E-state index contributed by atoms with van der Waals surface area (Å²) >= 11 is 1.30. The van der Waals surface area contributed by atoms with Crippen LogP contribution in [-0.4, -0.2) is 41.6 Å². The SMILES string of the molecule is CSc1ccc(C(=O)N2CCC(C)(CN)C2)cc1[N+](=O)[O-]. The van der Waals surface area contributed by atoms with Crippen LogP contribution in [-0.2, 0) is 0 Å². The number of nitro groups is 1. The Morgan fingerprint density at radius 3 is 2.81 bits per heavy atom. The Morgan fingerprint density at radius 1 is 1.57 bits per heavy atom. The molecular weight excluding hydrogens is 290 g/mol. The lowest BCUT2D eigenvalue weighted by Crippen LogP contribution is -2.34. The molecule has 1 atom stereocenters. The molecule has 1 saturated heterocycles. The number of hydrogen-bond acceptors (Lipinski definition) is 5. The first-order valence-electron chi connectivity index (χ1n) is 6.72. The van der Waals surface area contributed by atoms with Gasteiger partial charge in [-0.05, 0) is 36.8 Å². The fourth-order valence-electron chi connectivity index (χ4n) is 2.51. The van der Waals surface area contributed by atoms with E-state index >= 15 is 0 Å². The predicted octanol–water partition coefficient (Wildman–Crippen LogP) is 2.13. The van der Waals surface area contributed by atoms with E-state index in [1.54, 1.807) is 23.3 Å². The fourth-order valence-corrected chi connectivity index (χ4v) is 3.06. The van der Waals surface area contributed by atoms with Crippen molar-refractivity contribution in [3.05, 3.63) is 33.9 Å². The van der Waals surface area contributed by atoms with Gasteiger partial charge in [-0.25, -0.2) is 0 Å². The molecule has 0 spiro atoms. The molecule has 1 unspecified atom stereocenters. The van der Waals surface area contributed by atoms with E-state index in [1.807, 2.05) is 0 Å². The third kappa shape index (κ3) is 3.19. The van der Waals surface area contributed by atoms with Crippen molar-refractivity contribution >= 4 is 23.4 Å². The highest BCUT2D eigenvalue weighted by molar-refractivity contribution is 7.98. The summed E-state index contributed by atoms with van der Waals surface area (Å²) in [7, 11) is 0. The number of rotatable bonds is 4. The molecule has 1 aliphatic heterocycles. The second-order valence-electron chi connectivity index (χ2n) is 5.64. The van der Waals surface area contributed by atoms with Gasteiger partial charge in [0, 0.05) is 24.7 Å². The van der Waals surface area contributed by atoms with Crippen LogP contribution in [0.5, 0.6) is 0 Å².